The van der Waals surface area contributed by atoms with E-state index in [1.807, 2.05) is 12.1 Å². The minimum Gasteiger partial charge on any atom is -0.355 e. The van der Waals surface area contributed by atoms with Crippen molar-refractivity contribution < 1.29 is 9.59 Å². The molecule has 3 rings (SSSR count). The van der Waals surface area contributed by atoms with E-state index in [2.05, 4.69) is 30.8 Å². The van der Waals surface area contributed by atoms with Crippen LogP contribution in [0.2, 0.25) is 0 Å². The molecule has 26 heavy (non-hydrogen) atoms. The fraction of sp³-hybridized carbons (Fsp3) is 0.118. The first kappa shape index (κ1) is 17.6. The summed E-state index contributed by atoms with van der Waals surface area (Å²) in [7, 11) is 1.57. The van der Waals surface area contributed by atoms with Gasteiger partial charge in [-0.25, -0.2) is 4.98 Å². The summed E-state index contributed by atoms with van der Waals surface area (Å²) in [5.74, 6) is 0.441. The van der Waals surface area contributed by atoms with E-state index < -0.39 is 0 Å². The molecule has 0 spiro atoms. The molecule has 3 N–H and O–H groups in total. The fourth-order valence-corrected chi connectivity index (χ4v) is 2.72. The molecule has 0 unspecified atom stereocenters. The third-order valence-corrected chi connectivity index (χ3v) is 4.26. The molecular weight excluding hydrogens is 352 g/mol. The van der Waals surface area contributed by atoms with E-state index in [1.54, 1.807) is 43.7 Å². The zero-order valence-corrected chi connectivity index (χ0v) is 14.7. The Morgan fingerprint density at radius 3 is 2.54 bits per heavy atom. The van der Waals surface area contributed by atoms with Gasteiger partial charge in [0.2, 0.25) is 11.1 Å². The van der Waals surface area contributed by atoms with E-state index in [1.165, 1.54) is 11.8 Å². The number of anilines is 1. The Labute approximate surface area is 153 Å². The Balaban J connectivity index is 1.53. The molecule has 2 aromatic heterocycles. The monoisotopic (exact) mass is 368 g/mol. The van der Waals surface area contributed by atoms with Gasteiger partial charge in [0.1, 0.15) is 0 Å². The number of aromatic amines is 1. The molecule has 1 aromatic carbocycles. The fourth-order valence-electron chi connectivity index (χ4n) is 2.13. The van der Waals surface area contributed by atoms with Gasteiger partial charge in [0, 0.05) is 36.3 Å². The van der Waals surface area contributed by atoms with E-state index in [0.717, 1.165) is 5.56 Å². The van der Waals surface area contributed by atoms with E-state index in [-0.39, 0.29) is 17.6 Å². The molecule has 0 aliphatic rings. The van der Waals surface area contributed by atoms with Crippen LogP contribution in [-0.2, 0) is 4.79 Å². The zero-order chi connectivity index (χ0) is 18.4. The number of nitrogens with one attached hydrogen (secondary N) is 3. The number of pyridine rings is 1. The Hall–Kier alpha value is -3.20. The number of carbonyl (C=O) groups excluding carboxylic acids is 2. The average Bonchev–Trinajstić information content (AvgIpc) is 3.16. The molecule has 3 aromatic rings. The summed E-state index contributed by atoms with van der Waals surface area (Å²) in [4.78, 5) is 31.8. The molecule has 2 amide bonds. The number of amides is 2. The number of carbonyl (C=O) groups is 2. The minimum absolute atomic E-state index is 0.171. The van der Waals surface area contributed by atoms with Crippen molar-refractivity contribution >= 4 is 29.3 Å². The van der Waals surface area contributed by atoms with Crippen LogP contribution in [0.25, 0.3) is 11.4 Å². The van der Waals surface area contributed by atoms with E-state index >= 15 is 0 Å². The second kappa shape index (κ2) is 8.26. The number of thioether (sulfide) groups is 1. The van der Waals surface area contributed by atoms with Crippen molar-refractivity contribution in [3.63, 3.8) is 0 Å². The van der Waals surface area contributed by atoms with Crippen molar-refractivity contribution in [1.82, 2.24) is 25.5 Å². The molecule has 132 valence electrons. The lowest BCUT2D eigenvalue weighted by Crippen LogP contribution is -2.18. The molecule has 9 heteroatoms. The predicted molar refractivity (Wildman–Crippen MR) is 98.8 cm³/mol. The average molecular weight is 368 g/mol. The molecule has 8 nitrogen and oxygen atoms in total. The molecule has 0 bridgehead atoms. The molecule has 0 fully saturated rings. The van der Waals surface area contributed by atoms with Crippen LogP contribution in [0.15, 0.2) is 53.9 Å². The molecular formula is C17H16N6O2S. The van der Waals surface area contributed by atoms with Gasteiger partial charge in [0.25, 0.3) is 5.91 Å². The number of benzene rings is 1. The minimum atomic E-state index is -0.182. The summed E-state index contributed by atoms with van der Waals surface area (Å²) in [5, 5.41) is 12.7. The molecule has 2 heterocycles. The number of nitrogens with zero attached hydrogens (tertiary/aromatic N) is 3. The Kier molecular flexibility index (Phi) is 5.59. The standard InChI is InChI=1S/C17H16N6O2S/c1-18-16(25)12-2-4-13(5-3-12)20-14(24)10-26-17-21-15(22-23-17)11-6-8-19-9-7-11/h2-9H,10H2,1H3,(H,18,25)(H,20,24)(H,21,22,23). The van der Waals surface area contributed by atoms with Crippen molar-refractivity contribution in [3.05, 3.63) is 54.4 Å². The van der Waals surface area contributed by atoms with Crippen LogP contribution in [0, 0.1) is 0 Å². The predicted octanol–water partition coefficient (Wildman–Crippen LogP) is 1.96. The van der Waals surface area contributed by atoms with Crippen LogP contribution in [0.3, 0.4) is 0 Å². The number of aromatic nitrogens is 4. The first-order valence-electron chi connectivity index (χ1n) is 7.73. The van der Waals surface area contributed by atoms with Gasteiger partial charge in [0.15, 0.2) is 5.82 Å². The molecule has 0 saturated heterocycles. The largest absolute Gasteiger partial charge is 0.355 e. The summed E-state index contributed by atoms with van der Waals surface area (Å²) in [5.41, 5.74) is 2.03. The number of hydrogen-bond donors (Lipinski definition) is 3. The topological polar surface area (TPSA) is 113 Å². The highest BCUT2D eigenvalue weighted by atomic mass is 32.2. The summed E-state index contributed by atoms with van der Waals surface area (Å²) in [6.45, 7) is 0. The number of hydrogen-bond acceptors (Lipinski definition) is 6. The van der Waals surface area contributed by atoms with Crippen molar-refractivity contribution in [2.24, 2.45) is 0 Å². The third-order valence-electron chi connectivity index (χ3n) is 3.41. The maximum atomic E-state index is 12.1. The van der Waals surface area contributed by atoms with Crippen LogP contribution in [-0.4, -0.2) is 44.8 Å². The quantitative estimate of drug-likeness (QED) is 0.573. The van der Waals surface area contributed by atoms with Gasteiger partial charge in [-0.2, -0.15) is 0 Å². The van der Waals surface area contributed by atoms with E-state index in [9.17, 15) is 9.59 Å². The van der Waals surface area contributed by atoms with Crippen LogP contribution >= 0.6 is 11.8 Å². The van der Waals surface area contributed by atoms with E-state index in [0.29, 0.717) is 22.2 Å². The molecule has 0 saturated carbocycles. The SMILES string of the molecule is CNC(=O)c1ccc(NC(=O)CSc2n[nH]c(-c3ccncc3)n2)cc1. The highest BCUT2D eigenvalue weighted by Crippen LogP contribution is 2.19. The van der Waals surface area contributed by atoms with Crippen LogP contribution in [0.1, 0.15) is 10.4 Å². The van der Waals surface area contributed by atoms with Crippen molar-refractivity contribution in [1.29, 1.82) is 0 Å². The smallest absolute Gasteiger partial charge is 0.251 e. The van der Waals surface area contributed by atoms with E-state index in [4.69, 9.17) is 0 Å². The summed E-state index contributed by atoms with van der Waals surface area (Å²) in [6.07, 6.45) is 3.35. The van der Waals surface area contributed by atoms with Gasteiger partial charge in [0.05, 0.1) is 5.75 Å². The molecule has 0 aliphatic carbocycles. The summed E-state index contributed by atoms with van der Waals surface area (Å²) >= 11 is 1.23. The van der Waals surface area contributed by atoms with Crippen LogP contribution < -0.4 is 10.6 Å². The maximum Gasteiger partial charge on any atom is 0.251 e. The van der Waals surface area contributed by atoms with Crippen LogP contribution in [0.5, 0.6) is 0 Å². The second-order valence-electron chi connectivity index (χ2n) is 5.20. The third kappa shape index (κ3) is 4.45. The van der Waals surface area contributed by atoms with Crippen molar-refractivity contribution in [2.45, 2.75) is 5.16 Å². The summed E-state index contributed by atoms with van der Waals surface area (Å²) < 4.78 is 0. The lowest BCUT2D eigenvalue weighted by atomic mass is 10.2. The summed E-state index contributed by atoms with van der Waals surface area (Å²) in [6, 6.07) is 10.3. The molecule has 0 aliphatic heterocycles. The number of rotatable bonds is 6. The normalized spacial score (nSPS) is 10.3. The van der Waals surface area contributed by atoms with Crippen molar-refractivity contribution in [2.75, 3.05) is 18.1 Å². The van der Waals surface area contributed by atoms with Gasteiger partial charge in [-0.05, 0) is 36.4 Å². The van der Waals surface area contributed by atoms with Gasteiger partial charge in [-0.3, -0.25) is 19.7 Å². The second-order valence-corrected chi connectivity index (χ2v) is 6.14. The lowest BCUT2D eigenvalue weighted by molar-refractivity contribution is -0.113. The van der Waals surface area contributed by atoms with Crippen LogP contribution in [0.4, 0.5) is 5.69 Å². The highest BCUT2D eigenvalue weighted by molar-refractivity contribution is 7.99. The zero-order valence-electron chi connectivity index (χ0n) is 13.9. The Morgan fingerprint density at radius 1 is 1.12 bits per heavy atom. The Bertz CT molecular complexity index is 895. The molecule has 0 atom stereocenters. The lowest BCUT2D eigenvalue weighted by Gasteiger charge is -2.05. The highest BCUT2D eigenvalue weighted by Gasteiger charge is 2.10. The molecule has 0 radical (unpaired) electrons. The first-order chi connectivity index (χ1) is 12.7. The van der Waals surface area contributed by atoms with Gasteiger partial charge < -0.3 is 10.6 Å². The van der Waals surface area contributed by atoms with Gasteiger partial charge >= 0.3 is 0 Å². The van der Waals surface area contributed by atoms with Gasteiger partial charge in [-0.1, -0.05) is 11.8 Å². The number of H-pyrrole nitrogens is 1. The maximum absolute atomic E-state index is 12.1. The Morgan fingerprint density at radius 2 is 1.85 bits per heavy atom. The van der Waals surface area contributed by atoms with Crippen molar-refractivity contribution in [3.8, 4) is 11.4 Å². The van der Waals surface area contributed by atoms with Gasteiger partial charge in [-0.15, -0.1) is 5.10 Å². The first-order valence-corrected chi connectivity index (χ1v) is 8.72.